The highest BCUT2D eigenvalue weighted by atomic mass is 16.6. The molecule has 1 saturated carbocycles. The summed E-state index contributed by atoms with van der Waals surface area (Å²) in [5, 5.41) is 14.2. The summed E-state index contributed by atoms with van der Waals surface area (Å²) in [5.41, 5.74) is 1.79. The van der Waals surface area contributed by atoms with Crippen molar-refractivity contribution in [2.45, 2.75) is 45.6 Å². The number of nitrogens with zero attached hydrogens (tertiary/aromatic N) is 1. The maximum atomic E-state index is 10.6. The van der Waals surface area contributed by atoms with Gasteiger partial charge in [-0.15, -0.1) is 0 Å². The van der Waals surface area contributed by atoms with Gasteiger partial charge in [0.05, 0.1) is 4.92 Å². The second-order valence-corrected chi connectivity index (χ2v) is 5.70. The van der Waals surface area contributed by atoms with E-state index in [0.717, 1.165) is 12.1 Å². The number of nitro benzene ring substituents is 1. The predicted molar refractivity (Wildman–Crippen MR) is 76.1 cm³/mol. The minimum absolute atomic E-state index is 0.153. The van der Waals surface area contributed by atoms with Crippen molar-refractivity contribution < 1.29 is 4.92 Å². The lowest BCUT2D eigenvalue weighted by Gasteiger charge is -2.20. The molecule has 19 heavy (non-hydrogen) atoms. The summed E-state index contributed by atoms with van der Waals surface area (Å²) >= 11 is 0. The van der Waals surface area contributed by atoms with E-state index >= 15 is 0 Å². The molecule has 4 heteroatoms. The molecule has 0 aromatic heterocycles. The van der Waals surface area contributed by atoms with Crippen LogP contribution in [0.4, 0.5) is 5.69 Å². The Morgan fingerprint density at radius 1 is 1.37 bits per heavy atom. The van der Waals surface area contributed by atoms with Gasteiger partial charge >= 0.3 is 0 Å². The number of benzene rings is 1. The fourth-order valence-corrected chi connectivity index (χ4v) is 2.59. The first kappa shape index (κ1) is 14.0. The molecule has 1 unspecified atom stereocenters. The van der Waals surface area contributed by atoms with Crippen LogP contribution in [0.2, 0.25) is 0 Å². The predicted octanol–water partition coefficient (Wildman–Crippen LogP) is 3.83. The van der Waals surface area contributed by atoms with E-state index in [9.17, 15) is 10.1 Å². The van der Waals surface area contributed by atoms with E-state index in [1.807, 2.05) is 12.1 Å². The zero-order valence-corrected chi connectivity index (χ0v) is 11.7. The van der Waals surface area contributed by atoms with Gasteiger partial charge in [-0.3, -0.25) is 10.1 Å². The highest BCUT2D eigenvalue weighted by Gasteiger charge is 2.41. The van der Waals surface area contributed by atoms with Crippen molar-refractivity contribution in [1.29, 1.82) is 0 Å². The first-order valence-electron chi connectivity index (χ1n) is 7.04. The highest BCUT2D eigenvalue weighted by Crippen LogP contribution is 2.49. The van der Waals surface area contributed by atoms with E-state index in [2.05, 4.69) is 19.2 Å². The number of nitro groups is 1. The second-order valence-electron chi connectivity index (χ2n) is 5.70. The van der Waals surface area contributed by atoms with Crippen molar-refractivity contribution in [3.63, 3.8) is 0 Å². The van der Waals surface area contributed by atoms with E-state index in [0.29, 0.717) is 5.41 Å². The van der Waals surface area contributed by atoms with Crippen LogP contribution in [0.15, 0.2) is 24.3 Å². The lowest BCUT2D eigenvalue weighted by molar-refractivity contribution is -0.384. The average molecular weight is 262 g/mol. The topological polar surface area (TPSA) is 55.2 Å². The molecule has 1 aliphatic carbocycles. The summed E-state index contributed by atoms with van der Waals surface area (Å²) < 4.78 is 0. The van der Waals surface area contributed by atoms with Crippen molar-refractivity contribution in [3.8, 4) is 0 Å². The lowest BCUT2D eigenvalue weighted by Crippen LogP contribution is -2.26. The summed E-state index contributed by atoms with van der Waals surface area (Å²) in [6, 6.07) is 7.08. The van der Waals surface area contributed by atoms with E-state index in [-0.39, 0.29) is 16.7 Å². The molecule has 1 atom stereocenters. The molecule has 0 saturated heterocycles. The molecular formula is C15H22N2O2. The molecule has 1 aromatic carbocycles. The standard InChI is InChI=1S/C15H22N2O2/c1-3-8-15(9-10-15)11-16-12(2)13-4-6-14(7-5-13)17(18)19/h4-7,12,16H,3,8-11H2,1-2H3. The van der Waals surface area contributed by atoms with E-state index in [1.165, 1.54) is 25.7 Å². The smallest absolute Gasteiger partial charge is 0.269 e. The molecular weight excluding hydrogens is 240 g/mol. The van der Waals surface area contributed by atoms with Gasteiger partial charge in [0.1, 0.15) is 0 Å². The van der Waals surface area contributed by atoms with Gasteiger partial charge in [-0.2, -0.15) is 0 Å². The Morgan fingerprint density at radius 3 is 2.47 bits per heavy atom. The molecule has 1 aliphatic rings. The first-order chi connectivity index (χ1) is 9.06. The Hall–Kier alpha value is -1.42. The Kier molecular flexibility index (Phi) is 4.20. The zero-order valence-electron chi connectivity index (χ0n) is 11.7. The van der Waals surface area contributed by atoms with Gasteiger partial charge in [-0.05, 0) is 37.2 Å². The molecule has 4 nitrogen and oxygen atoms in total. The molecule has 0 aliphatic heterocycles. The number of hydrogen-bond donors (Lipinski definition) is 1. The number of nitrogens with one attached hydrogen (secondary N) is 1. The molecule has 0 spiro atoms. The van der Waals surface area contributed by atoms with Gasteiger partial charge in [-0.1, -0.05) is 25.5 Å². The average Bonchev–Trinajstić information content (AvgIpc) is 3.17. The quantitative estimate of drug-likeness (QED) is 0.600. The van der Waals surface area contributed by atoms with Crippen LogP contribution >= 0.6 is 0 Å². The maximum Gasteiger partial charge on any atom is 0.269 e. The third-order valence-electron chi connectivity index (χ3n) is 4.12. The molecule has 0 amide bonds. The van der Waals surface area contributed by atoms with Crippen LogP contribution < -0.4 is 5.32 Å². The third kappa shape index (κ3) is 3.53. The van der Waals surface area contributed by atoms with Crippen LogP contribution in [0, 0.1) is 15.5 Å². The summed E-state index contributed by atoms with van der Waals surface area (Å²) in [4.78, 5) is 10.3. The van der Waals surface area contributed by atoms with Gasteiger partial charge in [0, 0.05) is 24.7 Å². The summed E-state index contributed by atoms with van der Waals surface area (Å²) in [6.45, 7) is 5.40. The summed E-state index contributed by atoms with van der Waals surface area (Å²) in [7, 11) is 0. The van der Waals surface area contributed by atoms with Gasteiger partial charge in [0.25, 0.3) is 5.69 Å². The Labute approximate surface area is 114 Å². The first-order valence-corrected chi connectivity index (χ1v) is 7.04. The second kappa shape index (κ2) is 5.70. The maximum absolute atomic E-state index is 10.6. The largest absolute Gasteiger partial charge is 0.310 e. The van der Waals surface area contributed by atoms with E-state index in [4.69, 9.17) is 0 Å². The lowest BCUT2D eigenvalue weighted by atomic mass is 9.99. The van der Waals surface area contributed by atoms with Gasteiger partial charge < -0.3 is 5.32 Å². The fraction of sp³-hybridized carbons (Fsp3) is 0.600. The minimum atomic E-state index is -0.359. The van der Waals surface area contributed by atoms with Gasteiger partial charge in [0.15, 0.2) is 0 Å². The summed E-state index contributed by atoms with van der Waals surface area (Å²) in [5.74, 6) is 0. The normalized spacial score (nSPS) is 18.0. The Morgan fingerprint density at radius 2 is 2.00 bits per heavy atom. The highest BCUT2D eigenvalue weighted by molar-refractivity contribution is 5.34. The number of non-ortho nitro benzene ring substituents is 1. The molecule has 1 fully saturated rings. The Balaban J connectivity index is 1.89. The third-order valence-corrected chi connectivity index (χ3v) is 4.12. The van der Waals surface area contributed by atoms with Crippen LogP contribution in [-0.2, 0) is 0 Å². The number of hydrogen-bond acceptors (Lipinski definition) is 3. The zero-order chi connectivity index (χ0) is 13.9. The summed E-state index contributed by atoms with van der Waals surface area (Å²) in [6.07, 6.45) is 5.21. The minimum Gasteiger partial charge on any atom is -0.310 e. The van der Waals surface area contributed by atoms with Crippen LogP contribution in [-0.4, -0.2) is 11.5 Å². The SMILES string of the molecule is CCCC1(CNC(C)c2ccc([N+](=O)[O-])cc2)CC1. The van der Waals surface area contributed by atoms with Crippen molar-refractivity contribution in [2.75, 3.05) is 6.54 Å². The number of rotatable bonds is 7. The van der Waals surface area contributed by atoms with Crippen LogP contribution in [0.1, 0.15) is 51.1 Å². The van der Waals surface area contributed by atoms with E-state index < -0.39 is 0 Å². The molecule has 0 radical (unpaired) electrons. The molecule has 2 rings (SSSR count). The van der Waals surface area contributed by atoms with Crippen molar-refractivity contribution >= 4 is 5.69 Å². The van der Waals surface area contributed by atoms with E-state index in [1.54, 1.807) is 12.1 Å². The Bertz CT molecular complexity index is 438. The van der Waals surface area contributed by atoms with Crippen molar-refractivity contribution in [1.82, 2.24) is 5.32 Å². The molecule has 104 valence electrons. The van der Waals surface area contributed by atoms with Gasteiger partial charge in [-0.25, -0.2) is 0 Å². The molecule has 0 heterocycles. The van der Waals surface area contributed by atoms with Crippen molar-refractivity contribution in [3.05, 3.63) is 39.9 Å². The monoisotopic (exact) mass is 262 g/mol. The van der Waals surface area contributed by atoms with Gasteiger partial charge in [0.2, 0.25) is 0 Å². The van der Waals surface area contributed by atoms with Crippen LogP contribution in [0.25, 0.3) is 0 Å². The molecule has 1 aromatic rings. The van der Waals surface area contributed by atoms with Crippen LogP contribution in [0.5, 0.6) is 0 Å². The van der Waals surface area contributed by atoms with Crippen LogP contribution in [0.3, 0.4) is 0 Å². The van der Waals surface area contributed by atoms with Crippen molar-refractivity contribution in [2.24, 2.45) is 5.41 Å². The molecule has 0 bridgehead atoms. The molecule has 1 N–H and O–H groups in total. The fourth-order valence-electron chi connectivity index (χ4n) is 2.59.